The van der Waals surface area contributed by atoms with Crippen molar-refractivity contribution in [1.82, 2.24) is 15.6 Å². The molecule has 6 nitrogen and oxygen atoms in total. The minimum absolute atomic E-state index is 0.0519. The summed E-state index contributed by atoms with van der Waals surface area (Å²) in [4.78, 5) is 27.0. The molecule has 0 aromatic carbocycles. The molecule has 96 valence electrons. The van der Waals surface area contributed by atoms with E-state index >= 15 is 0 Å². The molecule has 7 heteroatoms. The zero-order valence-corrected chi connectivity index (χ0v) is 10.5. The molecule has 1 saturated heterocycles. The lowest BCUT2D eigenvalue weighted by atomic mass is 10.2. The fourth-order valence-corrected chi connectivity index (χ4v) is 1.94. The van der Waals surface area contributed by atoms with Gasteiger partial charge in [-0.2, -0.15) is 0 Å². The third kappa shape index (κ3) is 2.89. The van der Waals surface area contributed by atoms with Gasteiger partial charge in [-0.15, -0.1) is 0 Å². The van der Waals surface area contributed by atoms with E-state index in [1.807, 2.05) is 0 Å². The van der Waals surface area contributed by atoms with Gasteiger partial charge in [0.15, 0.2) is 0 Å². The highest BCUT2D eigenvalue weighted by molar-refractivity contribution is 6.29. The number of nitrogens with zero attached hydrogens (tertiary/aromatic N) is 1. The number of aromatic nitrogens is 1. The Hall–Kier alpha value is -1.82. The normalized spacial score (nSPS) is 18.3. The quantitative estimate of drug-likeness (QED) is 0.693. The van der Waals surface area contributed by atoms with Crippen molar-refractivity contribution in [2.24, 2.45) is 0 Å². The summed E-state index contributed by atoms with van der Waals surface area (Å²) in [5, 5.41) is 8.49. The van der Waals surface area contributed by atoms with Gasteiger partial charge in [0.1, 0.15) is 11.0 Å². The van der Waals surface area contributed by atoms with E-state index in [1.165, 1.54) is 6.07 Å². The molecular formula is C11H13ClN4O2. The minimum Gasteiger partial charge on any atom is -0.373 e. The minimum atomic E-state index is -0.266. The van der Waals surface area contributed by atoms with E-state index in [4.69, 9.17) is 11.6 Å². The number of nitrogens with one attached hydrogen (secondary N) is 3. The maximum absolute atomic E-state index is 12.0. The van der Waals surface area contributed by atoms with Crippen LogP contribution in [0, 0.1) is 0 Å². The zero-order chi connectivity index (χ0) is 13.1. The summed E-state index contributed by atoms with van der Waals surface area (Å²) in [6.45, 7) is 0.461. The Morgan fingerprint density at radius 2 is 2.33 bits per heavy atom. The topological polar surface area (TPSA) is 83.1 Å². The molecule has 0 saturated carbocycles. The lowest BCUT2D eigenvalue weighted by molar-refractivity contribution is -0.119. The molecule has 1 aromatic heterocycles. The lowest BCUT2D eigenvalue weighted by Crippen LogP contribution is -2.36. The van der Waals surface area contributed by atoms with E-state index < -0.39 is 0 Å². The van der Waals surface area contributed by atoms with Crippen LogP contribution in [0.5, 0.6) is 0 Å². The van der Waals surface area contributed by atoms with E-state index in [9.17, 15) is 9.59 Å². The Morgan fingerprint density at radius 1 is 1.56 bits per heavy atom. The van der Waals surface area contributed by atoms with Crippen LogP contribution in [0.1, 0.15) is 16.8 Å². The standard InChI is InChI=1S/C11H13ClN4O2/c1-13-9-3-6(2-8(12)16-9)11(18)15-7-4-10(17)14-5-7/h2-3,7H,4-5H2,1H3,(H,13,16)(H,14,17)(H,15,18). The van der Waals surface area contributed by atoms with Crippen molar-refractivity contribution in [3.63, 3.8) is 0 Å². The molecule has 18 heavy (non-hydrogen) atoms. The van der Waals surface area contributed by atoms with E-state index in [-0.39, 0.29) is 23.0 Å². The number of pyridine rings is 1. The third-order valence-corrected chi connectivity index (χ3v) is 2.82. The van der Waals surface area contributed by atoms with E-state index in [0.717, 1.165) is 0 Å². The number of rotatable bonds is 3. The molecule has 1 aromatic rings. The van der Waals surface area contributed by atoms with Gasteiger partial charge in [0.25, 0.3) is 5.91 Å². The predicted octanol–water partition coefficient (Wildman–Crippen LogP) is 0.395. The lowest BCUT2D eigenvalue weighted by Gasteiger charge is -2.11. The fourth-order valence-electron chi connectivity index (χ4n) is 1.73. The first-order chi connectivity index (χ1) is 8.58. The Labute approximate surface area is 109 Å². The van der Waals surface area contributed by atoms with Gasteiger partial charge in [0.2, 0.25) is 5.91 Å². The molecule has 2 heterocycles. The Bertz CT molecular complexity index is 492. The van der Waals surface area contributed by atoms with Crippen LogP contribution < -0.4 is 16.0 Å². The van der Waals surface area contributed by atoms with E-state index in [1.54, 1.807) is 13.1 Å². The largest absolute Gasteiger partial charge is 0.373 e. The van der Waals surface area contributed by atoms with E-state index in [2.05, 4.69) is 20.9 Å². The van der Waals surface area contributed by atoms with Crippen molar-refractivity contribution >= 4 is 29.2 Å². The molecule has 2 rings (SSSR count). The smallest absolute Gasteiger partial charge is 0.251 e. The average Bonchev–Trinajstić information content (AvgIpc) is 2.73. The average molecular weight is 269 g/mol. The molecule has 3 N–H and O–H groups in total. The monoisotopic (exact) mass is 268 g/mol. The van der Waals surface area contributed by atoms with Crippen molar-refractivity contribution in [3.8, 4) is 0 Å². The summed E-state index contributed by atoms with van der Waals surface area (Å²) in [7, 11) is 1.69. The van der Waals surface area contributed by atoms with Crippen LogP contribution in [-0.2, 0) is 4.79 Å². The Kier molecular flexibility index (Phi) is 3.66. The molecule has 0 spiro atoms. The Balaban J connectivity index is 2.08. The summed E-state index contributed by atoms with van der Waals surface area (Å²) < 4.78 is 0. The van der Waals surface area contributed by atoms with Crippen LogP contribution in [0.2, 0.25) is 5.15 Å². The number of hydrogen-bond acceptors (Lipinski definition) is 4. The summed E-state index contributed by atoms with van der Waals surface area (Å²) in [5.74, 6) is 0.203. The number of carbonyl (C=O) groups excluding carboxylic acids is 2. The van der Waals surface area contributed by atoms with Crippen LogP contribution in [0.25, 0.3) is 0 Å². The first-order valence-electron chi connectivity index (χ1n) is 5.51. The van der Waals surface area contributed by atoms with Gasteiger partial charge in [-0.3, -0.25) is 9.59 Å². The van der Waals surface area contributed by atoms with Crippen molar-refractivity contribution in [3.05, 3.63) is 22.8 Å². The first-order valence-corrected chi connectivity index (χ1v) is 5.89. The maximum Gasteiger partial charge on any atom is 0.251 e. The van der Waals surface area contributed by atoms with Gasteiger partial charge >= 0.3 is 0 Å². The van der Waals surface area contributed by atoms with Gasteiger partial charge in [0.05, 0.1) is 6.04 Å². The highest BCUT2D eigenvalue weighted by atomic mass is 35.5. The van der Waals surface area contributed by atoms with Crippen LogP contribution in [0.15, 0.2) is 12.1 Å². The van der Waals surface area contributed by atoms with Gasteiger partial charge < -0.3 is 16.0 Å². The summed E-state index contributed by atoms with van der Waals surface area (Å²) in [6.07, 6.45) is 0.309. The van der Waals surface area contributed by atoms with Crippen LogP contribution >= 0.6 is 11.6 Å². The highest BCUT2D eigenvalue weighted by Crippen LogP contribution is 2.14. The van der Waals surface area contributed by atoms with Crippen LogP contribution in [0.4, 0.5) is 5.82 Å². The molecule has 0 aliphatic carbocycles. The van der Waals surface area contributed by atoms with Crippen molar-refractivity contribution in [2.75, 3.05) is 18.9 Å². The van der Waals surface area contributed by atoms with Gasteiger partial charge in [-0.05, 0) is 12.1 Å². The molecular weight excluding hydrogens is 256 g/mol. The first kappa shape index (κ1) is 12.6. The van der Waals surface area contributed by atoms with Gasteiger partial charge in [-0.1, -0.05) is 11.6 Å². The molecule has 0 bridgehead atoms. The van der Waals surface area contributed by atoms with E-state index in [0.29, 0.717) is 24.3 Å². The molecule has 0 radical (unpaired) electrons. The second kappa shape index (κ2) is 5.22. The van der Waals surface area contributed by atoms with Crippen LogP contribution in [0.3, 0.4) is 0 Å². The van der Waals surface area contributed by atoms with Gasteiger partial charge in [-0.25, -0.2) is 4.98 Å². The number of hydrogen-bond donors (Lipinski definition) is 3. The second-order valence-corrected chi connectivity index (χ2v) is 4.38. The molecule has 1 aliphatic heterocycles. The number of carbonyl (C=O) groups is 2. The summed E-state index contributed by atoms with van der Waals surface area (Å²) in [5.41, 5.74) is 0.415. The zero-order valence-electron chi connectivity index (χ0n) is 9.79. The number of halogens is 1. The second-order valence-electron chi connectivity index (χ2n) is 3.99. The SMILES string of the molecule is CNc1cc(C(=O)NC2CNC(=O)C2)cc(Cl)n1. The molecule has 1 atom stereocenters. The van der Waals surface area contributed by atoms with Crippen LogP contribution in [-0.4, -0.2) is 36.4 Å². The number of anilines is 1. The summed E-state index contributed by atoms with van der Waals surface area (Å²) in [6, 6.07) is 2.92. The van der Waals surface area contributed by atoms with Crippen molar-refractivity contribution in [2.45, 2.75) is 12.5 Å². The highest BCUT2D eigenvalue weighted by Gasteiger charge is 2.23. The molecule has 1 unspecified atom stereocenters. The maximum atomic E-state index is 12.0. The third-order valence-electron chi connectivity index (χ3n) is 2.63. The molecule has 2 amide bonds. The van der Waals surface area contributed by atoms with Crippen molar-refractivity contribution in [1.29, 1.82) is 0 Å². The predicted molar refractivity (Wildman–Crippen MR) is 67.7 cm³/mol. The number of amides is 2. The molecule has 1 aliphatic rings. The van der Waals surface area contributed by atoms with Crippen molar-refractivity contribution < 1.29 is 9.59 Å². The molecule has 1 fully saturated rings. The fraction of sp³-hybridized carbons (Fsp3) is 0.364. The van der Waals surface area contributed by atoms with Gasteiger partial charge in [0, 0.05) is 25.6 Å². The summed E-state index contributed by atoms with van der Waals surface area (Å²) >= 11 is 5.82. The Morgan fingerprint density at radius 3 is 2.94 bits per heavy atom.